The molecular weight excluding hydrogens is 117 g/mol. The summed E-state index contributed by atoms with van der Waals surface area (Å²) in [5.74, 6) is -0.741. The molecule has 0 aromatic carbocycles. The Bertz CT molecular complexity index is 81.0. The highest BCUT2D eigenvalue weighted by Crippen LogP contribution is 1.93. The Morgan fingerprint density at radius 2 is 2.29 bits per heavy atom. The summed E-state index contributed by atoms with van der Waals surface area (Å²) in [7, 11) is 0. The molecule has 1 atom stereocenters. The zero-order valence-electron chi connectivity index (χ0n) is 3.55. The molecule has 2 N–H and O–H groups in total. The number of aliphatic carboxylic acids is 1. The molecule has 1 saturated heterocycles. The van der Waals surface area contributed by atoms with Crippen LogP contribution in [0.25, 0.3) is 0 Å². The van der Waals surface area contributed by atoms with Gasteiger partial charge < -0.3 is 10.4 Å². The van der Waals surface area contributed by atoms with Crippen LogP contribution in [-0.4, -0.2) is 23.7 Å². The van der Waals surface area contributed by atoms with Gasteiger partial charge in [-0.05, 0) is 0 Å². The minimum atomic E-state index is -0.741. The van der Waals surface area contributed by atoms with Crippen molar-refractivity contribution >= 4 is 18.4 Å². The van der Waals surface area contributed by atoms with Crippen LogP contribution in [-0.2, 0) is 4.79 Å². The van der Waals surface area contributed by atoms with E-state index >= 15 is 0 Å². The first kappa shape index (κ1) is 6.72. The van der Waals surface area contributed by atoms with Gasteiger partial charge >= 0.3 is 5.97 Å². The summed E-state index contributed by atoms with van der Waals surface area (Å²) in [6.07, 6.45) is 0. The van der Waals surface area contributed by atoms with Gasteiger partial charge in [0.1, 0.15) is 6.04 Å². The van der Waals surface area contributed by atoms with Crippen LogP contribution in [0.2, 0.25) is 0 Å². The Labute approximate surface area is 47.1 Å². The number of halogens is 1. The molecule has 0 amide bonds. The van der Waals surface area contributed by atoms with E-state index in [0.717, 1.165) is 0 Å². The molecule has 0 aromatic rings. The molecule has 0 aromatic heterocycles. The first-order chi connectivity index (χ1) is 2.80. The van der Waals surface area contributed by atoms with E-state index in [1.54, 1.807) is 0 Å². The maximum atomic E-state index is 9.70. The second-order valence-electron chi connectivity index (χ2n) is 1.30. The third-order valence-electron chi connectivity index (χ3n) is 0.706. The fourth-order valence-electron chi connectivity index (χ4n) is 0.234. The third-order valence-corrected chi connectivity index (χ3v) is 0.706. The van der Waals surface area contributed by atoms with Crippen molar-refractivity contribution in [1.82, 2.24) is 5.32 Å². The number of hydrogen-bond donors (Lipinski definition) is 2. The maximum absolute atomic E-state index is 9.70. The van der Waals surface area contributed by atoms with E-state index in [9.17, 15) is 4.79 Å². The van der Waals surface area contributed by atoms with Crippen molar-refractivity contribution in [3.05, 3.63) is 0 Å². The topological polar surface area (TPSA) is 59.2 Å². The lowest BCUT2D eigenvalue weighted by Gasteiger charge is -1.74. The summed E-state index contributed by atoms with van der Waals surface area (Å²) in [5.41, 5.74) is 0. The highest BCUT2D eigenvalue weighted by Gasteiger charge is 2.27. The fraction of sp³-hybridized carbons (Fsp3) is 0.667. The molecule has 7 heavy (non-hydrogen) atoms. The molecule has 1 aliphatic heterocycles. The summed E-state index contributed by atoms with van der Waals surface area (Å²) < 4.78 is 0. The Balaban J connectivity index is 0.000000360. The predicted octanol–water partition coefficient (Wildman–Crippen LogP) is -0.535. The summed E-state index contributed by atoms with van der Waals surface area (Å²) in [5, 5.41) is 10.6. The lowest BCUT2D eigenvalue weighted by atomic mass is 10.5. The number of nitrogens with one attached hydrogen (secondary N) is 1. The molecule has 0 spiro atoms. The maximum Gasteiger partial charge on any atom is 0.322 e. The molecular formula is C3H6ClNO2. The monoisotopic (exact) mass is 123 g/mol. The van der Waals surface area contributed by atoms with Crippen LogP contribution in [0.1, 0.15) is 0 Å². The Hall–Kier alpha value is -0.280. The number of carboxylic acids is 1. The smallest absolute Gasteiger partial charge is 0.322 e. The van der Waals surface area contributed by atoms with Crippen LogP contribution in [0.4, 0.5) is 0 Å². The van der Waals surface area contributed by atoms with Crippen molar-refractivity contribution in [1.29, 1.82) is 0 Å². The summed E-state index contributed by atoms with van der Waals surface area (Å²) in [6, 6.07) is -0.231. The lowest BCUT2D eigenvalue weighted by Crippen LogP contribution is -2.06. The van der Waals surface area contributed by atoms with Gasteiger partial charge in [-0.15, -0.1) is 12.4 Å². The van der Waals surface area contributed by atoms with Crippen molar-refractivity contribution in [2.24, 2.45) is 0 Å². The molecule has 42 valence electrons. The molecule has 0 saturated carbocycles. The van der Waals surface area contributed by atoms with Gasteiger partial charge in [-0.1, -0.05) is 0 Å². The normalized spacial score (nSPS) is 25.4. The van der Waals surface area contributed by atoms with Crippen LogP contribution >= 0.6 is 12.4 Å². The number of hydrogen-bond acceptors (Lipinski definition) is 2. The number of carbonyl (C=O) groups is 1. The minimum Gasteiger partial charge on any atom is -0.480 e. The van der Waals surface area contributed by atoms with E-state index in [1.807, 2.05) is 0 Å². The molecule has 1 heterocycles. The standard InChI is InChI=1S/C3H5NO2.ClH/c5-3(6)2-1-4-2;/h2,4H,1H2,(H,5,6);1H/t2-;/m1./s1. The molecule has 0 bridgehead atoms. The Morgan fingerprint density at radius 3 is 2.29 bits per heavy atom. The van der Waals surface area contributed by atoms with E-state index in [4.69, 9.17) is 5.11 Å². The average Bonchev–Trinajstić information content (AvgIpc) is 2.06. The van der Waals surface area contributed by atoms with E-state index in [1.165, 1.54) is 0 Å². The van der Waals surface area contributed by atoms with E-state index < -0.39 is 5.97 Å². The predicted molar refractivity (Wildman–Crippen MR) is 26.7 cm³/mol. The van der Waals surface area contributed by atoms with Crippen molar-refractivity contribution in [2.45, 2.75) is 6.04 Å². The second-order valence-corrected chi connectivity index (χ2v) is 1.30. The van der Waals surface area contributed by atoms with E-state index in [2.05, 4.69) is 5.32 Å². The largest absolute Gasteiger partial charge is 0.480 e. The van der Waals surface area contributed by atoms with Crippen LogP contribution in [0, 0.1) is 0 Å². The molecule has 4 heteroatoms. The van der Waals surface area contributed by atoms with Gasteiger partial charge in [0.05, 0.1) is 0 Å². The van der Waals surface area contributed by atoms with E-state index in [0.29, 0.717) is 6.54 Å². The van der Waals surface area contributed by atoms with Gasteiger partial charge in [-0.3, -0.25) is 4.79 Å². The van der Waals surface area contributed by atoms with Gasteiger partial charge in [0.15, 0.2) is 0 Å². The van der Waals surface area contributed by atoms with Gasteiger partial charge in [0.2, 0.25) is 0 Å². The SMILES string of the molecule is Cl.O=C(O)[C@H]1CN1. The minimum absolute atomic E-state index is 0. The highest BCUT2D eigenvalue weighted by atomic mass is 35.5. The van der Waals surface area contributed by atoms with E-state index in [-0.39, 0.29) is 18.4 Å². The summed E-state index contributed by atoms with van der Waals surface area (Å²) in [4.78, 5) is 9.70. The molecule has 1 rings (SSSR count). The molecule has 0 aliphatic carbocycles. The fourth-order valence-corrected chi connectivity index (χ4v) is 0.234. The average molecular weight is 124 g/mol. The first-order valence-electron chi connectivity index (χ1n) is 1.77. The highest BCUT2D eigenvalue weighted by molar-refractivity contribution is 5.85. The van der Waals surface area contributed by atoms with Gasteiger partial charge in [0, 0.05) is 6.54 Å². The molecule has 0 unspecified atom stereocenters. The molecule has 0 radical (unpaired) electrons. The molecule has 3 nitrogen and oxygen atoms in total. The molecule has 1 fully saturated rings. The third kappa shape index (κ3) is 1.75. The molecule has 1 aliphatic rings. The summed E-state index contributed by atoms with van der Waals surface area (Å²) in [6.45, 7) is 0.648. The quantitative estimate of drug-likeness (QED) is 0.461. The summed E-state index contributed by atoms with van der Waals surface area (Å²) >= 11 is 0. The van der Waals surface area contributed by atoms with Gasteiger partial charge in [-0.2, -0.15) is 0 Å². The van der Waals surface area contributed by atoms with Gasteiger partial charge in [-0.25, -0.2) is 0 Å². The van der Waals surface area contributed by atoms with Crippen LogP contribution < -0.4 is 5.32 Å². The lowest BCUT2D eigenvalue weighted by molar-refractivity contribution is -0.136. The Morgan fingerprint density at radius 1 is 1.86 bits per heavy atom. The number of carboxylic acid groups (broad SMARTS) is 1. The van der Waals surface area contributed by atoms with Crippen LogP contribution in [0.5, 0.6) is 0 Å². The zero-order valence-corrected chi connectivity index (χ0v) is 4.36. The van der Waals surface area contributed by atoms with Crippen molar-refractivity contribution in [2.75, 3.05) is 6.54 Å². The van der Waals surface area contributed by atoms with Gasteiger partial charge in [0.25, 0.3) is 0 Å². The number of rotatable bonds is 1. The van der Waals surface area contributed by atoms with Crippen molar-refractivity contribution < 1.29 is 9.90 Å². The van der Waals surface area contributed by atoms with Crippen LogP contribution in [0.3, 0.4) is 0 Å². The zero-order chi connectivity index (χ0) is 4.57. The Kier molecular flexibility index (Phi) is 2.05. The van der Waals surface area contributed by atoms with Crippen molar-refractivity contribution in [3.63, 3.8) is 0 Å². The first-order valence-corrected chi connectivity index (χ1v) is 1.77. The second kappa shape index (κ2) is 2.14. The van der Waals surface area contributed by atoms with Crippen molar-refractivity contribution in [3.8, 4) is 0 Å². The van der Waals surface area contributed by atoms with Crippen LogP contribution in [0.15, 0.2) is 0 Å².